The quantitative estimate of drug-likeness (QED) is 0.830. The van der Waals surface area contributed by atoms with Gasteiger partial charge in [0.05, 0.1) is 5.56 Å². The molecule has 1 heterocycles. The summed E-state index contributed by atoms with van der Waals surface area (Å²) in [4.78, 5) is 15.0. The van der Waals surface area contributed by atoms with Gasteiger partial charge in [-0.05, 0) is 12.1 Å². The van der Waals surface area contributed by atoms with E-state index in [0.717, 1.165) is 0 Å². The van der Waals surface area contributed by atoms with Crippen LogP contribution in [0, 0.1) is 0 Å². The molecule has 2 N–H and O–H groups in total. The van der Waals surface area contributed by atoms with Gasteiger partial charge in [0, 0.05) is 13.2 Å². The Bertz CT molecular complexity index is 361. The second-order valence-corrected chi connectivity index (χ2v) is 2.98. The van der Waals surface area contributed by atoms with E-state index in [2.05, 4.69) is 10.3 Å². The Morgan fingerprint density at radius 3 is 2.56 bits per heavy atom. The van der Waals surface area contributed by atoms with Crippen LogP contribution in [0.15, 0.2) is 18.3 Å². The number of alkyl halides is 3. The maximum absolute atomic E-state index is 11.8. The number of hydrogen-bond donors (Lipinski definition) is 2. The van der Waals surface area contributed by atoms with Gasteiger partial charge in [0.2, 0.25) is 0 Å². The average Bonchev–Trinajstić information content (AvgIpc) is 2.25. The molecule has 0 bridgehead atoms. The summed E-state index contributed by atoms with van der Waals surface area (Å²) in [5.74, 6) is -0.264. The fourth-order valence-electron chi connectivity index (χ4n) is 0.959. The number of amides is 1. The number of pyridine rings is 1. The Balaban J connectivity index is 2.59. The van der Waals surface area contributed by atoms with Gasteiger partial charge in [-0.1, -0.05) is 0 Å². The van der Waals surface area contributed by atoms with E-state index in [0.29, 0.717) is 5.82 Å². The van der Waals surface area contributed by atoms with Gasteiger partial charge in [-0.25, -0.2) is 4.98 Å². The monoisotopic (exact) mass is 233 g/mol. The van der Waals surface area contributed by atoms with Gasteiger partial charge in [0.15, 0.2) is 0 Å². The van der Waals surface area contributed by atoms with Crippen molar-refractivity contribution in [2.75, 3.05) is 18.9 Å². The van der Waals surface area contributed by atoms with Crippen molar-refractivity contribution >= 4 is 11.7 Å². The number of carbonyl (C=O) groups is 1. The van der Waals surface area contributed by atoms with Crippen molar-refractivity contribution in [3.8, 4) is 0 Å². The molecule has 4 nitrogen and oxygen atoms in total. The fourth-order valence-corrected chi connectivity index (χ4v) is 0.959. The van der Waals surface area contributed by atoms with Crippen LogP contribution in [0.25, 0.3) is 0 Å². The number of halogens is 3. The molecule has 1 aromatic heterocycles. The second-order valence-electron chi connectivity index (χ2n) is 2.98. The molecule has 1 aromatic rings. The molecule has 0 unspecified atom stereocenters. The maximum Gasteiger partial charge on any atom is 0.405 e. The summed E-state index contributed by atoms with van der Waals surface area (Å²) in [6.45, 7) is -1.35. The smallest absolute Gasteiger partial charge is 0.373 e. The lowest BCUT2D eigenvalue weighted by atomic mass is 10.2. The predicted octanol–water partition coefficient (Wildman–Crippen LogP) is 1.42. The molecule has 0 radical (unpaired) electrons. The Morgan fingerprint density at radius 1 is 1.44 bits per heavy atom. The van der Waals surface area contributed by atoms with E-state index in [-0.39, 0.29) is 5.56 Å². The van der Waals surface area contributed by atoms with Crippen LogP contribution in [0.3, 0.4) is 0 Å². The highest BCUT2D eigenvalue weighted by molar-refractivity contribution is 5.94. The van der Waals surface area contributed by atoms with Crippen LogP contribution in [0.4, 0.5) is 19.0 Å². The zero-order valence-corrected chi connectivity index (χ0v) is 8.43. The number of nitrogens with zero attached hydrogens (tertiary/aromatic N) is 1. The second kappa shape index (κ2) is 4.82. The molecule has 0 aliphatic carbocycles. The predicted molar refractivity (Wildman–Crippen MR) is 52.2 cm³/mol. The molecular formula is C9H10F3N3O. The summed E-state index contributed by atoms with van der Waals surface area (Å²) < 4.78 is 35.4. The third kappa shape index (κ3) is 3.76. The van der Waals surface area contributed by atoms with Crippen LogP contribution in [0.1, 0.15) is 10.4 Å². The highest BCUT2D eigenvalue weighted by Gasteiger charge is 2.27. The summed E-state index contributed by atoms with van der Waals surface area (Å²) in [6, 6.07) is 2.90. The standard InChI is InChI=1S/C9H10F3N3O/c1-13-7-3-2-6(4-14-7)8(16)15-5-9(10,11)12/h2-4H,5H2,1H3,(H,13,14)(H,15,16). The number of anilines is 1. The molecule has 88 valence electrons. The number of carbonyl (C=O) groups excluding carboxylic acids is 1. The molecule has 0 spiro atoms. The summed E-state index contributed by atoms with van der Waals surface area (Å²) >= 11 is 0. The summed E-state index contributed by atoms with van der Waals surface area (Å²) in [6.07, 6.45) is -3.20. The van der Waals surface area contributed by atoms with Crippen LogP contribution in [0.5, 0.6) is 0 Å². The van der Waals surface area contributed by atoms with E-state index in [4.69, 9.17) is 0 Å². The number of hydrogen-bond acceptors (Lipinski definition) is 3. The van der Waals surface area contributed by atoms with Crippen molar-refractivity contribution in [1.82, 2.24) is 10.3 Å². The van der Waals surface area contributed by atoms with Gasteiger partial charge in [-0.2, -0.15) is 13.2 Å². The molecule has 0 aromatic carbocycles. The zero-order chi connectivity index (χ0) is 12.2. The third-order valence-electron chi connectivity index (χ3n) is 1.73. The topological polar surface area (TPSA) is 54.0 Å². The molecule has 7 heteroatoms. The van der Waals surface area contributed by atoms with Crippen LogP contribution in [-0.4, -0.2) is 30.7 Å². The normalized spacial score (nSPS) is 11.0. The first kappa shape index (κ1) is 12.3. The van der Waals surface area contributed by atoms with Crippen LogP contribution >= 0.6 is 0 Å². The molecule has 0 aliphatic heterocycles. The molecule has 1 amide bonds. The van der Waals surface area contributed by atoms with E-state index in [9.17, 15) is 18.0 Å². The Morgan fingerprint density at radius 2 is 2.12 bits per heavy atom. The molecule has 0 saturated carbocycles. The van der Waals surface area contributed by atoms with E-state index < -0.39 is 18.6 Å². The number of aromatic nitrogens is 1. The Labute approximate surface area is 89.9 Å². The van der Waals surface area contributed by atoms with Gasteiger partial charge in [-0.3, -0.25) is 4.79 Å². The van der Waals surface area contributed by atoms with E-state index >= 15 is 0 Å². The fraction of sp³-hybridized carbons (Fsp3) is 0.333. The lowest BCUT2D eigenvalue weighted by Gasteiger charge is -2.08. The van der Waals surface area contributed by atoms with Gasteiger partial charge in [-0.15, -0.1) is 0 Å². The lowest BCUT2D eigenvalue weighted by molar-refractivity contribution is -0.123. The van der Waals surface area contributed by atoms with E-state index in [1.54, 1.807) is 12.4 Å². The maximum atomic E-state index is 11.8. The molecule has 0 atom stereocenters. The summed E-state index contributed by atoms with van der Waals surface area (Å²) in [5, 5.41) is 4.48. The minimum atomic E-state index is -4.41. The van der Waals surface area contributed by atoms with Crippen molar-refractivity contribution in [3.63, 3.8) is 0 Å². The van der Waals surface area contributed by atoms with Crippen molar-refractivity contribution in [2.24, 2.45) is 0 Å². The van der Waals surface area contributed by atoms with E-state index in [1.807, 2.05) is 0 Å². The average molecular weight is 233 g/mol. The first-order valence-electron chi connectivity index (χ1n) is 4.41. The van der Waals surface area contributed by atoms with Crippen LogP contribution in [0.2, 0.25) is 0 Å². The number of nitrogens with one attached hydrogen (secondary N) is 2. The van der Waals surface area contributed by atoms with Crippen LogP contribution in [-0.2, 0) is 0 Å². The Hall–Kier alpha value is -1.79. The Kier molecular flexibility index (Phi) is 3.70. The summed E-state index contributed by atoms with van der Waals surface area (Å²) in [7, 11) is 1.64. The highest BCUT2D eigenvalue weighted by atomic mass is 19.4. The molecule has 0 aliphatic rings. The molecular weight excluding hydrogens is 223 g/mol. The zero-order valence-electron chi connectivity index (χ0n) is 8.43. The van der Waals surface area contributed by atoms with Gasteiger partial charge >= 0.3 is 6.18 Å². The third-order valence-corrected chi connectivity index (χ3v) is 1.73. The largest absolute Gasteiger partial charge is 0.405 e. The lowest BCUT2D eigenvalue weighted by Crippen LogP contribution is -2.33. The van der Waals surface area contributed by atoms with Gasteiger partial charge < -0.3 is 10.6 Å². The SMILES string of the molecule is CNc1ccc(C(=O)NCC(F)(F)F)cn1. The van der Waals surface area contributed by atoms with Crippen molar-refractivity contribution in [3.05, 3.63) is 23.9 Å². The van der Waals surface area contributed by atoms with Crippen LogP contribution < -0.4 is 10.6 Å². The van der Waals surface area contributed by atoms with E-state index in [1.165, 1.54) is 18.3 Å². The molecule has 0 saturated heterocycles. The number of rotatable bonds is 3. The molecule has 0 fully saturated rings. The highest BCUT2D eigenvalue weighted by Crippen LogP contribution is 2.12. The summed E-state index contributed by atoms with van der Waals surface area (Å²) in [5.41, 5.74) is 0.0863. The van der Waals surface area contributed by atoms with Gasteiger partial charge in [0.25, 0.3) is 5.91 Å². The first-order valence-corrected chi connectivity index (χ1v) is 4.41. The van der Waals surface area contributed by atoms with Crippen molar-refractivity contribution < 1.29 is 18.0 Å². The minimum absolute atomic E-state index is 0.0863. The first-order chi connectivity index (χ1) is 7.42. The molecule has 1 rings (SSSR count). The van der Waals surface area contributed by atoms with Gasteiger partial charge in [0.1, 0.15) is 12.4 Å². The molecule has 16 heavy (non-hydrogen) atoms. The van der Waals surface area contributed by atoms with Crippen molar-refractivity contribution in [2.45, 2.75) is 6.18 Å². The van der Waals surface area contributed by atoms with Crippen molar-refractivity contribution in [1.29, 1.82) is 0 Å². The minimum Gasteiger partial charge on any atom is -0.373 e.